The van der Waals surface area contributed by atoms with E-state index in [0.717, 1.165) is 52.2 Å². The second-order valence-electron chi connectivity index (χ2n) is 11.6. The van der Waals surface area contributed by atoms with Gasteiger partial charge in [-0.25, -0.2) is 4.39 Å². The molecule has 45 heavy (non-hydrogen) atoms. The Bertz CT molecular complexity index is 1740. The maximum atomic E-state index is 15.1. The van der Waals surface area contributed by atoms with Crippen LogP contribution in [-0.4, -0.2) is 82.5 Å². The molecule has 0 bridgehead atoms. The lowest BCUT2D eigenvalue weighted by Gasteiger charge is -2.34. The second kappa shape index (κ2) is 12.8. The number of methoxy groups -OCH3 is 1. The quantitative estimate of drug-likeness (QED) is 0.162. The summed E-state index contributed by atoms with van der Waals surface area (Å²) >= 11 is -1.41. The minimum absolute atomic E-state index is 0.0946. The minimum Gasteiger partial charge on any atom is -0.609 e. The van der Waals surface area contributed by atoms with E-state index in [1.54, 1.807) is 33.5 Å². The van der Waals surface area contributed by atoms with Crippen LogP contribution in [0.2, 0.25) is 0 Å². The summed E-state index contributed by atoms with van der Waals surface area (Å²) < 4.78 is 40.8. The van der Waals surface area contributed by atoms with E-state index in [1.807, 2.05) is 29.8 Å². The summed E-state index contributed by atoms with van der Waals surface area (Å²) in [5.74, 6) is 1.02. The lowest BCUT2D eigenvalue weighted by Crippen LogP contribution is -2.35. The Morgan fingerprint density at radius 1 is 1.11 bits per heavy atom. The number of carbonyl (C=O) groups is 1. The lowest BCUT2D eigenvalue weighted by molar-refractivity contribution is 0.0512. The predicted molar refractivity (Wildman–Crippen MR) is 171 cm³/mol. The van der Waals surface area contributed by atoms with Crippen LogP contribution >= 0.6 is 0 Å². The molecule has 13 heteroatoms. The number of benzene rings is 2. The van der Waals surface area contributed by atoms with Gasteiger partial charge in [0.25, 0.3) is 5.91 Å². The summed E-state index contributed by atoms with van der Waals surface area (Å²) in [6.07, 6.45) is 3.58. The first-order chi connectivity index (χ1) is 21.7. The summed E-state index contributed by atoms with van der Waals surface area (Å²) in [5.41, 5.74) is 4.66. The maximum absolute atomic E-state index is 15.1. The number of halogens is 1. The minimum atomic E-state index is -1.41. The molecule has 0 spiro atoms. The van der Waals surface area contributed by atoms with Gasteiger partial charge in [-0.3, -0.25) is 9.48 Å². The van der Waals surface area contributed by atoms with Gasteiger partial charge in [0.1, 0.15) is 23.6 Å². The lowest BCUT2D eigenvalue weighted by atomic mass is 9.97. The van der Waals surface area contributed by atoms with Crippen molar-refractivity contribution in [1.82, 2.24) is 24.6 Å². The first-order valence-corrected chi connectivity index (χ1v) is 16.6. The third kappa shape index (κ3) is 6.03. The average Bonchev–Trinajstić information content (AvgIpc) is 3.33. The van der Waals surface area contributed by atoms with Gasteiger partial charge < -0.3 is 28.7 Å². The number of fused-ring (bicyclic) bond motifs is 3. The molecule has 11 nitrogen and oxygen atoms in total. The van der Waals surface area contributed by atoms with Crippen LogP contribution in [0, 0.1) is 5.82 Å². The number of amides is 1. The first-order valence-electron chi connectivity index (χ1n) is 15.1. The van der Waals surface area contributed by atoms with Gasteiger partial charge in [0.15, 0.2) is 12.5 Å². The normalized spacial score (nSPS) is 15.4. The van der Waals surface area contributed by atoms with E-state index in [0.29, 0.717) is 56.0 Å². The number of aryl methyl sites for hydroxylation is 2. The van der Waals surface area contributed by atoms with E-state index >= 15 is 4.39 Å². The van der Waals surface area contributed by atoms with Gasteiger partial charge in [0, 0.05) is 74.7 Å². The largest absolute Gasteiger partial charge is 0.609 e. The van der Waals surface area contributed by atoms with Gasteiger partial charge in [-0.2, -0.15) is 15.1 Å². The summed E-state index contributed by atoms with van der Waals surface area (Å²) in [6, 6.07) is 8.99. The molecule has 6 rings (SSSR count). The topological polar surface area (TPSA) is 112 Å². The van der Waals surface area contributed by atoms with E-state index in [9.17, 15) is 9.35 Å². The average molecular weight is 636 g/mol. The Hall–Kier alpha value is -3.94. The number of nitrogens with zero attached hydrogens (tertiary/aromatic N) is 7. The molecule has 0 saturated heterocycles. The van der Waals surface area contributed by atoms with Gasteiger partial charge >= 0.3 is 5.16 Å². The van der Waals surface area contributed by atoms with Gasteiger partial charge in [-0.05, 0) is 48.4 Å². The summed E-state index contributed by atoms with van der Waals surface area (Å²) in [6.45, 7) is 5.06. The fourth-order valence-corrected chi connectivity index (χ4v) is 6.69. The number of anilines is 2. The standard InChI is InChI=1S/C32H38FN7O4S/c1-6-23-25(33)9-8-20-14-22(44-19-43-4)16-28(29(20)23)38-13-10-24-27(18-38)34-32(45(5)42)35-30(24)39-11-7-12-40-21(17-39)15-26(36-40)31(41)37(2)3/h8-9,14-16H,6-7,10-13,17-19H2,1-5H3. The van der Waals surface area contributed by atoms with Gasteiger partial charge in [0.05, 0.1) is 24.5 Å². The molecule has 2 aliphatic rings. The molecule has 2 aromatic heterocycles. The second-order valence-corrected chi connectivity index (χ2v) is 12.8. The van der Waals surface area contributed by atoms with Gasteiger partial charge in [-0.15, -0.1) is 0 Å². The Labute approximate surface area is 265 Å². The monoisotopic (exact) mass is 635 g/mol. The van der Waals surface area contributed by atoms with Crippen molar-refractivity contribution in [3.05, 3.63) is 64.4 Å². The van der Waals surface area contributed by atoms with Crippen molar-refractivity contribution < 1.29 is 23.2 Å². The Kier molecular flexibility index (Phi) is 8.85. The molecule has 238 valence electrons. The summed E-state index contributed by atoms with van der Waals surface area (Å²) in [4.78, 5) is 28.2. The summed E-state index contributed by atoms with van der Waals surface area (Å²) in [5, 5.41) is 6.58. The van der Waals surface area contributed by atoms with Crippen LogP contribution in [0.4, 0.5) is 15.9 Å². The Morgan fingerprint density at radius 2 is 1.93 bits per heavy atom. The van der Waals surface area contributed by atoms with Crippen LogP contribution in [0.3, 0.4) is 0 Å². The zero-order valence-corrected chi connectivity index (χ0v) is 27.1. The van der Waals surface area contributed by atoms with Crippen molar-refractivity contribution >= 4 is 39.4 Å². The highest BCUT2D eigenvalue weighted by molar-refractivity contribution is 7.90. The highest BCUT2D eigenvalue weighted by atomic mass is 32.2. The molecule has 1 atom stereocenters. The third-order valence-electron chi connectivity index (χ3n) is 8.38. The van der Waals surface area contributed by atoms with E-state index < -0.39 is 11.2 Å². The number of rotatable bonds is 8. The van der Waals surface area contributed by atoms with Crippen molar-refractivity contribution in [3.63, 3.8) is 0 Å². The van der Waals surface area contributed by atoms with E-state index in [1.165, 1.54) is 11.0 Å². The predicted octanol–water partition coefficient (Wildman–Crippen LogP) is 3.92. The smallest absolute Gasteiger partial charge is 0.344 e. The molecule has 2 aromatic carbocycles. The molecular weight excluding hydrogens is 597 g/mol. The van der Waals surface area contributed by atoms with Gasteiger partial charge in [0.2, 0.25) is 0 Å². The SMILES string of the molecule is CCc1c(F)ccc2cc(OCOC)cc(N3CCc4c(nc([S+](C)[O-])nc4N4CCCn5nc(C(=O)N(C)C)cc5C4)C3)c12. The van der Waals surface area contributed by atoms with E-state index in [2.05, 4.69) is 14.9 Å². The summed E-state index contributed by atoms with van der Waals surface area (Å²) in [7, 11) is 5.00. The van der Waals surface area contributed by atoms with Crippen LogP contribution in [0.5, 0.6) is 5.75 Å². The molecule has 0 aliphatic carbocycles. The van der Waals surface area contributed by atoms with Crippen molar-refractivity contribution in [3.8, 4) is 5.75 Å². The molecule has 0 saturated carbocycles. The van der Waals surface area contributed by atoms with Crippen LogP contribution in [-0.2, 0) is 48.4 Å². The molecule has 1 unspecified atom stereocenters. The van der Waals surface area contributed by atoms with Crippen molar-refractivity contribution in [2.45, 2.75) is 51.0 Å². The highest BCUT2D eigenvalue weighted by Gasteiger charge is 2.30. The zero-order chi connectivity index (χ0) is 31.8. The van der Waals surface area contributed by atoms with Crippen LogP contribution in [0.1, 0.15) is 46.3 Å². The van der Waals surface area contributed by atoms with Crippen molar-refractivity contribution in [2.24, 2.45) is 0 Å². The fraction of sp³-hybridized carbons (Fsp3) is 0.438. The van der Waals surface area contributed by atoms with E-state index in [4.69, 9.17) is 19.4 Å². The number of hydrogen-bond acceptors (Lipinski definition) is 9. The molecule has 1 amide bonds. The van der Waals surface area contributed by atoms with Gasteiger partial charge in [-0.1, -0.05) is 13.0 Å². The highest BCUT2D eigenvalue weighted by Crippen LogP contribution is 2.39. The molecule has 4 aromatic rings. The molecule has 0 radical (unpaired) electrons. The molecule has 0 N–H and O–H groups in total. The zero-order valence-electron chi connectivity index (χ0n) is 26.3. The molecular formula is C32H38FN7O4S. The van der Waals surface area contributed by atoms with Crippen molar-refractivity contribution in [1.29, 1.82) is 0 Å². The first kappa shape index (κ1) is 31.1. The Balaban J connectivity index is 1.40. The fourth-order valence-electron chi connectivity index (χ4n) is 6.23. The van der Waals surface area contributed by atoms with Crippen LogP contribution in [0.15, 0.2) is 35.5 Å². The third-order valence-corrected chi connectivity index (χ3v) is 9.07. The van der Waals surface area contributed by atoms with Crippen LogP contribution < -0.4 is 14.5 Å². The number of carbonyl (C=O) groups excluding carboxylic acids is 1. The van der Waals surface area contributed by atoms with Crippen molar-refractivity contribution in [2.75, 3.05) is 57.1 Å². The number of aromatic nitrogens is 4. The number of ether oxygens (including phenoxy) is 2. The molecule has 0 fully saturated rings. The Morgan fingerprint density at radius 3 is 2.67 bits per heavy atom. The molecule has 2 aliphatic heterocycles. The maximum Gasteiger partial charge on any atom is 0.344 e. The number of hydrogen-bond donors (Lipinski definition) is 0. The molecule has 4 heterocycles. The van der Waals surface area contributed by atoms with E-state index in [-0.39, 0.29) is 23.7 Å². The van der Waals surface area contributed by atoms with Crippen LogP contribution in [0.25, 0.3) is 10.8 Å².